The van der Waals surface area contributed by atoms with E-state index in [-0.39, 0.29) is 40.9 Å². The number of hydrogen-bond acceptors (Lipinski definition) is 6. The predicted molar refractivity (Wildman–Crippen MR) is 161 cm³/mol. The number of anilines is 1. The van der Waals surface area contributed by atoms with Crippen LogP contribution in [-0.2, 0) is 22.3 Å². The minimum atomic E-state index is -3.27. The molecule has 0 amide bonds. The molecule has 3 aromatic rings. The van der Waals surface area contributed by atoms with Gasteiger partial charge in [-0.2, -0.15) is 0 Å². The van der Waals surface area contributed by atoms with Crippen LogP contribution in [0, 0.1) is 17.7 Å². The van der Waals surface area contributed by atoms with Gasteiger partial charge in [0, 0.05) is 24.1 Å². The largest absolute Gasteiger partial charge is 0.363 e. The molecule has 1 aliphatic carbocycles. The van der Waals surface area contributed by atoms with E-state index in [2.05, 4.69) is 15.3 Å². The summed E-state index contributed by atoms with van der Waals surface area (Å²) in [5, 5.41) is 3.77. The van der Waals surface area contributed by atoms with Gasteiger partial charge in [0.15, 0.2) is 0 Å². The van der Waals surface area contributed by atoms with Crippen LogP contribution in [0.2, 0.25) is 0 Å². The lowest BCUT2D eigenvalue weighted by molar-refractivity contribution is -0.0288. The highest BCUT2D eigenvalue weighted by atomic mass is 32.2. The molecule has 1 atom stereocenters. The van der Waals surface area contributed by atoms with Crippen molar-refractivity contribution in [2.75, 3.05) is 16.8 Å². The van der Waals surface area contributed by atoms with Gasteiger partial charge in [0.25, 0.3) is 11.5 Å². The van der Waals surface area contributed by atoms with Gasteiger partial charge in [-0.3, -0.25) is 9.36 Å². The molecule has 5 heterocycles. The predicted octanol–water partition coefficient (Wildman–Crippen LogP) is 6.87. The van der Waals surface area contributed by atoms with Crippen molar-refractivity contribution in [1.29, 1.82) is 0 Å². The summed E-state index contributed by atoms with van der Waals surface area (Å²) in [6.07, 6.45) is 7.70. The molecule has 8 bridgehead atoms. The summed E-state index contributed by atoms with van der Waals surface area (Å²) in [6, 6.07) is 5.18. The first-order valence-electron chi connectivity index (χ1n) is 15.5. The average molecular weight is 617 g/mol. The Kier molecular flexibility index (Phi) is 8.30. The molecule has 0 spiro atoms. The van der Waals surface area contributed by atoms with Gasteiger partial charge in [0.1, 0.15) is 33.4 Å². The standard InChI is InChI=1S/C32H39F3N4O3S/c1-20-24-7-5-8-27(28(24)33)32(34,35)12-9-22-16-21(17-22)6-3-2-4-13-39-30-26(29(38-20)36-19-37-30)18-25(31(39)40)23-10-14-43(41,42)15-11-23/h5,7-8,18-23H,2-4,6,9-17H2,1H3,(H,36,37,38)/t20-,21?,22?/m1/s1. The first-order chi connectivity index (χ1) is 20.5. The second-order valence-corrected chi connectivity index (χ2v) is 15.1. The normalized spacial score (nSPS) is 26.4. The molecule has 2 fully saturated rings. The van der Waals surface area contributed by atoms with E-state index >= 15 is 13.2 Å². The fourth-order valence-electron chi connectivity index (χ4n) is 7.21. The number of alkyl halides is 2. The number of benzene rings is 1. The van der Waals surface area contributed by atoms with Crippen LogP contribution in [0.1, 0.15) is 99.8 Å². The first kappa shape index (κ1) is 30.1. The summed E-state index contributed by atoms with van der Waals surface area (Å²) < 4.78 is 72.3. The number of hydrogen-bond donors (Lipinski definition) is 1. The van der Waals surface area contributed by atoms with Crippen molar-refractivity contribution in [1.82, 2.24) is 14.5 Å². The lowest BCUT2D eigenvalue weighted by Crippen LogP contribution is -2.30. The summed E-state index contributed by atoms with van der Waals surface area (Å²) in [5.41, 5.74) is 0.328. The van der Waals surface area contributed by atoms with Gasteiger partial charge in [-0.05, 0) is 69.3 Å². The van der Waals surface area contributed by atoms with Gasteiger partial charge in [-0.25, -0.2) is 31.6 Å². The Morgan fingerprint density at radius 1 is 0.977 bits per heavy atom. The maximum Gasteiger partial charge on any atom is 0.276 e. The molecule has 2 aromatic heterocycles. The number of aryl methyl sites for hydroxylation is 1. The molecule has 1 aromatic carbocycles. The number of nitrogens with zero attached hydrogens (tertiary/aromatic N) is 3. The lowest BCUT2D eigenvalue weighted by atomic mass is 9.70. The molecule has 232 valence electrons. The fourth-order valence-corrected chi connectivity index (χ4v) is 8.71. The molecule has 0 unspecified atom stereocenters. The Hall–Kier alpha value is -2.95. The quantitative estimate of drug-likeness (QED) is 0.321. The van der Waals surface area contributed by atoms with Gasteiger partial charge >= 0.3 is 0 Å². The highest BCUT2D eigenvalue weighted by Crippen LogP contribution is 2.44. The van der Waals surface area contributed by atoms with Gasteiger partial charge in [0.05, 0.1) is 28.5 Å². The number of fused-ring (bicyclic) bond motifs is 7. The van der Waals surface area contributed by atoms with Crippen molar-refractivity contribution < 1.29 is 21.6 Å². The molecule has 3 aliphatic heterocycles. The van der Waals surface area contributed by atoms with E-state index in [9.17, 15) is 13.2 Å². The number of pyridine rings is 1. The van der Waals surface area contributed by atoms with E-state index in [1.807, 2.05) is 0 Å². The van der Waals surface area contributed by atoms with E-state index in [4.69, 9.17) is 0 Å². The van der Waals surface area contributed by atoms with Crippen LogP contribution in [-0.4, -0.2) is 34.5 Å². The van der Waals surface area contributed by atoms with Crippen molar-refractivity contribution in [2.45, 2.75) is 95.6 Å². The van der Waals surface area contributed by atoms with Crippen LogP contribution < -0.4 is 10.9 Å². The summed E-state index contributed by atoms with van der Waals surface area (Å²) in [5.74, 6) is -3.21. The molecule has 43 heavy (non-hydrogen) atoms. The van der Waals surface area contributed by atoms with E-state index < -0.39 is 33.2 Å². The Morgan fingerprint density at radius 2 is 1.72 bits per heavy atom. The topological polar surface area (TPSA) is 94.0 Å². The molecular formula is C32H39F3N4O3S. The Balaban J connectivity index is 1.42. The average Bonchev–Trinajstić information content (AvgIpc) is 2.94. The van der Waals surface area contributed by atoms with Crippen LogP contribution in [0.3, 0.4) is 0 Å². The third kappa shape index (κ3) is 6.19. The van der Waals surface area contributed by atoms with E-state index in [0.29, 0.717) is 54.1 Å². The Bertz CT molecular complexity index is 1660. The minimum absolute atomic E-state index is 0.0326. The monoisotopic (exact) mass is 616 g/mol. The van der Waals surface area contributed by atoms with Crippen molar-refractivity contribution in [3.63, 3.8) is 0 Å². The second-order valence-electron chi connectivity index (χ2n) is 12.8. The van der Waals surface area contributed by atoms with Crippen LogP contribution in [0.4, 0.5) is 19.0 Å². The third-order valence-corrected chi connectivity index (χ3v) is 11.6. The summed E-state index contributed by atoms with van der Waals surface area (Å²) in [7, 11) is -3.12. The van der Waals surface area contributed by atoms with Crippen LogP contribution in [0.5, 0.6) is 0 Å². The van der Waals surface area contributed by atoms with Crippen molar-refractivity contribution in [3.05, 3.63) is 63.5 Å². The Morgan fingerprint density at radius 3 is 2.49 bits per heavy atom. The minimum Gasteiger partial charge on any atom is -0.363 e. The van der Waals surface area contributed by atoms with Crippen LogP contribution in [0.15, 0.2) is 35.4 Å². The highest BCUT2D eigenvalue weighted by Gasteiger charge is 2.38. The second kappa shape index (κ2) is 11.9. The zero-order valence-corrected chi connectivity index (χ0v) is 25.3. The molecule has 1 saturated carbocycles. The van der Waals surface area contributed by atoms with Gasteiger partial charge in [0.2, 0.25) is 0 Å². The van der Waals surface area contributed by atoms with Gasteiger partial charge < -0.3 is 5.32 Å². The summed E-state index contributed by atoms with van der Waals surface area (Å²) in [6.45, 7) is 2.16. The number of aromatic nitrogens is 3. The number of nitrogens with one attached hydrogen (secondary N) is 1. The maximum absolute atomic E-state index is 15.7. The fraction of sp³-hybridized carbons (Fsp3) is 0.594. The van der Waals surface area contributed by atoms with Crippen molar-refractivity contribution in [3.8, 4) is 0 Å². The number of sulfone groups is 1. The molecule has 0 radical (unpaired) electrons. The summed E-state index contributed by atoms with van der Waals surface area (Å²) in [4.78, 5) is 22.7. The molecule has 11 heteroatoms. The van der Waals surface area contributed by atoms with Crippen molar-refractivity contribution >= 4 is 26.7 Å². The SMILES string of the molecule is C[C@H]1Nc2ncnc3c2cc(C2CCS(=O)(=O)CC2)c(=O)n3CCCCCC2CC(CCC(F)(F)c3cccc1c3F)C2. The highest BCUT2D eigenvalue weighted by molar-refractivity contribution is 7.91. The lowest BCUT2D eigenvalue weighted by Gasteiger charge is -2.36. The molecule has 1 saturated heterocycles. The zero-order valence-electron chi connectivity index (χ0n) is 24.5. The maximum atomic E-state index is 15.7. The first-order valence-corrected chi connectivity index (χ1v) is 17.4. The number of halogens is 3. The van der Waals surface area contributed by atoms with Gasteiger partial charge in [-0.15, -0.1) is 0 Å². The molecule has 1 N–H and O–H groups in total. The molecular weight excluding hydrogens is 577 g/mol. The van der Waals surface area contributed by atoms with Crippen LogP contribution >= 0.6 is 0 Å². The number of rotatable bonds is 1. The molecule has 7 nitrogen and oxygen atoms in total. The summed E-state index contributed by atoms with van der Waals surface area (Å²) >= 11 is 0. The smallest absolute Gasteiger partial charge is 0.276 e. The van der Waals surface area contributed by atoms with Crippen LogP contribution in [0.25, 0.3) is 11.0 Å². The molecule has 7 rings (SSSR count). The molecule has 4 aliphatic rings. The Labute approximate surface area is 250 Å². The third-order valence-electron chi connectivity index (χ3n) is 9.84. The van der Waals surface area contributed by atoms with E-state index in [1.165, 1.54) is 24.5 Å². The van der Waals surface area contributed by atoms with Gasteiger partial charge in [-0.1, -0.05) is 37.5 Å². The van der Waals surface area contributed by atoms with E-state index in [0.717, 1.165) is 38.5 Å². The zero-order chi connectivity index (χ0) is 30.4. The van der Waals surface area contributed by atoms with E-state index in [1.54, 1.807) is 17.6 Å². The van der Waals surface area contributed by atoms with Crippen molar-refractivity contribution in [2.24, 2.45) is 11.8 Å².